The average molecular weight is 434 g/mol. The van der Waals surface area contributed by atoms with Crippen molar-refractivity contribution in [2.24, 2.45) is 0 Å². The first-order valence-corrected chi connectivity index (χ1v) is 11.9. The number of piperazine rings is 1. The zero-order valence-electron chi connectivity index (χ0n) is 17.6. The van der Waals surface area contributed by atoms with E-state index in [9.17, 15) is 4.79 Å². The van der Waals surface area contributed by atoms with Gasteiger partial charge in [0.2, 0.25) is 5.91 Å². The van der Waals surface area contributed by atoms with Crippen molar-refractivity contribution in [3.05, 3.63) is 59.4 Å². The van der Waals surface area contributed by atoms with E-state index in [1.807, 2.05) is 29.2 Å². The van der Waals surface area contributed by atoms with Crippen LogP contribution >= 0.6 is 11.8 Å². The summed E-state index contributed by atoms with van der Waals surface area (Å²) in [5, 5.41) is 0.891. The van der Waals surface area contributed by atoms with Crippen LogP contribution in [0.15, 0.2) is 47.4 Å². The van der Waals surface area contributed by atoms with Crippen LogP contribution in [-0.4, -0.2) is 57.6 Å². The number of fused-ring (bicyclic) bond motifs is 2. The van der Waals surface area contributed by atoms with Gasteiger partial charge in [-0.25, -0.2) is 9.97 Å². The fourth-order valence-electron chi connectivity index (χ4n) is 4.45. The number of carbonyl (C=O) groups is 1. The Labute approximate surface area is 186 Å². The average Bonchev–Trinajstić information content (AvgIpc) is 3.26. The quantitative estimate of drug-likeness (QED) is 0.623. The number of nitrogens with zero attached hydrogens (tertiary/aromatic N) is 4. The van der Waals surface area contributed by atoms with Crippen molar-refractivity contribution >= 4 is 34.4 Å². The van der Waals surface area contributed by atoms with Crippen LogP contribution in [-0.2, 0) is 24.2 Å². The van der Waals surface area contributed by atoms with Crippen LogP contribution in [0.2, 0.25) is 0 Å². The van der Waals surface area contributed by atoms with E-state index in [4.69, 9.17) is 5.73 Å². The maximum absolute atomic E-state index is 12.7. The van der Waals surface area contributed by atoms with Crippen LogP contribution < -0.4 is 5.73 Å². The molecule has 1 amide bonds. The van der Waals surface area contributed by atoms with Gasteiger partial charge >= 0.3 is 0 Å². The monoisotopic (exact) mass is 433 g/mol. The molecule has 31 heavy (non-hydrogen) atoms. The number of aromatic nitrogens is 2. The Bertz CT molecular complexity index is 1110. The Morgan fingerprint density at radius 3 is 2.68 bits per heavy atom. The molecule has 0 spiro atoms. The molecule has 0 saturated carbocycles. The van der Waals surface area contributed by atoms with Gasteiger partial charge < -0.3 is 10.6 Å². The van der Waals surface area contributed by atoms with Crippen molar-refractivity contribution in [3.63, 3.8) is 0 Å². The number of benzene rings is 2. The van der Waals surface area contributed by atoms with Crippen LogP contribution in [0.4, 0.5) is 5.82 Å². The molecule has 2 heterocycles. The summed E-state index contributed by atoms with van der Waals surface area (Å²) in [5.41, 5.74) is 9.92. The summed E-state index contributed by atoms with van der Waals surface area (Å²) in [7, 11) is 0. The Hall–Kier alpha value is -2.64. The molecule has 2 N–H and O–H groups in total. The van der Waals surface area contributed by atoms with Crippen molar-refractivity contribution in [2.45, 2.75) is 30.7 Å². The molecule has 1 aliphatic heterocycles. The second kappa shape index (κ2) is 8.85. The Morgan fingerprint density at radius 2 is 1.81 bits per heavy atom. The molecule has 7 heteroatoms. The first-order chi connectivity index (χ1) is 15.2. The molecule has 1 fully saturated rings. The maximum Gasteiger partial charge on any atom is 0.233 e. The zero-order valence-corrected chi connectivity index (χ0v) is 18.4. The van der Waals surface area contributed by atoms with Crippen LogP contribution in [0.3, 0.4) is 0 Å². The lowest BCUT2D eigenvalue weighted by Crippen LogP contribution is -2.49. The van der Waals surface area contributed by atoms with E-state index in [-0.39, 0.29) is 5.91 Å². The number of aryl methyl sites for hydroxylation is 2. The number of thioether (sulfide) groups is 1. The number of rotatable bonds is 5. The van der Waals surface area contributed by atoms with Gasteiger partial charge in [0, 0.05) is 36.5 Å². The summed E-state index contributed by atoms with van der Waals surface area (Å²) in [5.74, 6) is 1.99. The number of para-hydroxylation sites is 1. The lowest BCUT2D eigenvalue weighted by Gasteiger charge is -2.34. The standard InChI is InChI=1S/C24H27N5OS/c25-24-20-6-1-2-7-21(20)26-22(27-24)15-28-10-12-29(13-11-28)23(30)16-31-19-9-8-17-4-3-5-18(17)14-19/h1-2,6-9,14H,3-5,10-13,15-16H2,(H2,25,26,27). The van der Waals surface area contributed by atoms with Crippen LogP contribution in [0, 0.1) is 0 Å². The summed E-state index contributed by atoms with van der Waals surface area (Å²) >= 11 is 1.66. The Kier molecular flexibility index (Phi) is 5.78. The highest BCUT2D eigenvalue weighted by molar-refractivity contribution is 8.00. The zero-order chi connectivity index (χ0) is 21.2. The van der Waals surface area contributed by atoms with E-state index in [1.165, 1.54) is 35.3 Å². The third-order valence-corrected chi connectivity index (χ3v) is 7.18. The number of carbonyl (C=O) groups excluding carboxylic acids is 1. The van der Waals surface area contributed by atoms with Crippen molar-refractivity contribution in [2.75, 3.05) is 37.7 Å². The predicted octanol–water partition coefficient (Wildman–Crippen LogP) is 3.14. The van der Waals surface area contributed by atoms with E-state index >= 15 is 0 Å². The van der Waals surface area contributed by atoms with Crippen molar-refractivity contribution in [3.8, 4) is 0 Å². The first-order valence-electron chi connectivity index (χ1n) is 10.9. The van der Waals surface area contributed by atoms with Crippen molar-refractivity contribution < 1.29 is 4.79 Å². The molecule has 0 unspecified atom stereocenters. The molecule has 0 atom stereocenters. The van der Waals surface area contributed by atoms with E-state index in [0.717, 1.165) is 42.9 Å². The molecular weight excluding hydrogens is 406 g/mol. The van der Waals surface area contributed by atoms with Gasteiger partial charge in [-0.3, -0.25) is 9.69 Å². The highest BCUT2D eigenvalue weighted by Gasteiger charge is 2.22. The summed E-state index contributed by atoms with van der Waals surface area (Å²) < 4.78 is 0. The molecule has 3 aromatic rings. The van der Waals surface area contributed by atoms with Gasteiger partial charge in [0.05, 0.1) is 17.8 Å². The summed E-state index contributed by atoms with van der Waals surface area (Å²) in [4.78, 5) is 27.3. The molecular formula is C24H27N5OS. The largest absolute Gasteiger partial charge is 0.383 e. The van der Waals surface area contributed by atoms with Gasteiger partial charge in [0.1, 0.15) is 11.6 Å². The Morgan fingerprint density at radius 1 is 1.00 bits per heavy atom. The SMILES string of the molecule is Nc1nc(CN2CCN(C(=O)CSc3ccc4c(c3)CCC4)CC2)nc2ccccc12. The first kappa shape index (κ1) is 20.3. The van der Waals surface area contributed by atoms with Gasteiger partial charge in [0.25, 0.3) is 0 Å². The minimum absolute atomic E-state index is 0.219. The number of nitrogens with two attached hydrogens (primary N) is 1. The smallest absolute Gasteiger partial charge is 0.233 e. The van der Waals surface area contributed by atoms with Crippen LogP contribution in [0.1, 0.15) is 23.4 Å². The molecule has 2 aromatic carbocycles. The molecule has 0 radical (unpaired) electrons. The summed E-state index contributed by atoms with van der Waals surface area (Å²) in [6.07, 6.45) is 3.62. The second-order valence-electron chi connectivity index (χ2n) is 8.27. The maximum atomic E-state index is 12.7. The van der Waals surface area contributed by atoms with Gasteiger partial charge in [0.15, 0.2) is 0 Å². The second-order valence-corrected chi connectivity index (χ2v) is 9.32. The lowest BCUT2D eigenvalue weighted by molar-refractivity contribution is -0.130. The molecule has 1 aliphatic carbocycles. The Balaban J connectivity index is 1.13. The van der Waals surface area contributed by atoms with Crippen LogP contribution in [0.25, 0.3) is 10.9 Å². The van der Waals surface area contributed by atoms with Crippen molar-refractivity contribution in [1.82, 2.24) is 19.8 Å². The third-order valence-electron chi connectivity index (χ3n) is 6.20. The molecule has 1 saturated heterocycles. The lowest BCUT2D eigenvalue weighted by atomic mass is 10.1. The molecule has 0 bridgehead atoms. The van der Waals surface area contributed by atoms with Gasteiger partial charge in [-0.1, -0.05) is 18.2 Å². The normalized spacial score (nSPS) is 16.6. The molecule has 2 aliphatic rings. The fourth-order valence-corrected chi connectivity index (χ4v) is 5.31. The van der Waals surface area contributed by atoms with Crippen molar-refractivity contribution in [1.29, 1.82) is 0 Å². The topological polar surface area (TPSA) is 75.3 Å². The molecule has 5 rings (SSSR count). The molecule has 160 valence electrons. The number of nitrogen functional groups attached to an aromatic ring is 1. The van der Waals surface area contributed by atoms with Gasteiger partial charge in [-0.15, -0.1) is 11.8 Å². The molecule has 1 aromatic heterocycles. The predicted molar refractivity (Wildman–Crippen MR) is 125 cm³/mol. The summed E-state index contributed by atoms with van der Waals surface area (Å²) in [6, 6.07) is 14.5. The summed E-state index contributed by atoms with van der Waals surface area (Å²) in [6.45, 7) is 3.79. The number of amides is 1. The third kappa shape index (κ3) is 4.52. The number of anilines is 1. The van der Waals surface area contributed by atoms with E-state index < -0.39 is 0 Å². The fraction of sp³-hybridized carbons (Fsp3) is 0.375. The number of hydrogen-bond donors (Lipinski definition) is 1. The molecule has 6 nitrogen and oxygen atoms in total. The van der Waals surface area contributed by atoms with Gasteiger partial charge in [-0.05, 0) is 54.7 Å². The van der Waals surface area contributed by atoms with E-state index in [1.54, 1.807) is 11.8 Å². The van der Waals surface area contributed by atoms with E-state index in [0.29, 0.717) is 18.1 Å². The number of hydrogen-bond acceptors (Lipinski definition) is 6. The minimum Gasteiger partial charge on any atom is -0.383 e. The minimum atomic E-state index is 0.219. The van der Waals surface area contributed by atoms with Crippen LogP contribution in [0.5, 0.6) is 0 Å². The van der Waals surface area contributed by atoms with Gasteiger partial charge in [-0.2, -0.15) is 0 Å². The highest BCUT2D eigenvalue weighted by atomic mass is 32.2. The van der Waals surface area contributed by atoms with E-state index in [2.05, 4.69) is 33.1 Å². The highest BCUT2D eigenvalue weighted by Crippen LogP contribution is 2.28.